The van der Waals surface area contributed by atoms with Crippen molar-refractivity contribution in [3.8, 4) is 0 Å². The molecule has 3 nitrogen and oxygen atoms in total. The monoisotopic (exact) mass is 139 g/mol. The van der Waals surface area contributed by atoms with Crippen LogP contribution in [0.4, 0.5) is 4.79 Å². The molecule has 0 heterocycles. The molecule has 3 heteroatoms. The Kier molecular flexibility index (Phi) is 3.72. The molecule has 10 heavy (non-hydrogen) atoms. The molecule has 0 aliphatic heterocycles. The summed E-state index contributed by atoms with van der Waals surface area (Å²) in [5, 5.41) is 10.2. The molecule has 0 spiro atoms. The Hall–Kier alpha value is -1.51. The maximum absolute atomic E-state index is 9.94. The fourth-order valence-electron chi connectivity index (χ4n) is 0.363. The third kappa shape index (κ3) is 4.64. The van der Waals surface area contributed by atoms with E-state index in [4.69, 9.17) is 5.11 Å². The van der Waals surface area contributed by atoms with Gasteiger partial charge in [-0.05, 0) is 6.08 Å². The fourth-order valence-corrected chi connectivity index (χ4v) is 0.363. The van der Waals surface area contributed by atoms with Crippen LogP contribution in [0.25, 0.3) is 0 Å². The van der Waals surface area contributed by atoms with E-state index in [2.05, 4.69) is 18.5 Å². The molecule has 0 aliphatic carbocycles. The van der Waals surface area contributed by atoms with Crippen molar-refractivity contribution >= 4 is 6.09 Å². The van der Waals surface area contributed by atoms with E-state index in [1.54, 1.807) is 6.08 Å². The summed E-state index contributed by atoms with van der Waals surface area (Å²) >= 11 is 0. The first-order chi connectivity index (χ1) is 4.66. The average Bonchev–Trinajstić information content (AvgIpc) is 1.82. The van der Waals surface area contributed by atoms with Crippen LogP contribution in [0.2, 0.25) is 0 Å². The largest absolute Gasteiger partial charge is 0.465 e. The number of nitrogens with one attached hydrogen (secondary N) is 1. The lowest BCUT2D eigenvalue weighted by atomic mass is 10.4. The van der Waals surface area contributed by atoms with Crippen LogP contribution in [-0.2, 0) is 0 Å². The van der Waals surface area contributed by atoms with Gasteiger partial charge in [0.1, 0.15) is 0 Å². The number of carbonyl (C=O) groups is 1. The van der Waals surface area contributed by atoms with E-state index < -0.39 is 6.09 Å². The van der Waals surface area contributed by atoms with Crippen LogP contribution in [0.5, 0.6) is 0 Å². The van der Waals surface area contributed by atoms with Crippen molar-refractivity contribution in [3.05, 3.63) is 37.1 Å². The topological polar surface area (TPSA) is 49.3 Å². The van der Waals surface area contributed by atoms with Gasteiger partial charge >= 0.3 is 6.09 Å². The van der Waals surface area contributed by atoms with Crippen LogP contribution < -0.4 is 5.32 Å². The SMILES string of the molecule is C=C/C=C\C(=C)NC(=O)O. The third-order valence-corrected chi connectivity index (χ3v) is 0.701. The molecule has 0 saturated carbocycles. The predicted molar refractivity (Wildman–Crippen MR) is 39.6 cm³/mol. The summed E-state index contributed by atoms with van der Waals surface area (Å²) in [5.74, 6) is 0. The van der Waals surface area contributed by atoms with Gasteiger partial charge in [-0.25, -0.2) is 4.79 Å². The highest BCUT2D eigenvalue weighted by molar-refractivity contribution is 5.67. The highest BCUT2D eigenvalue weighted by Gasteiger charge is 1.91. The number of rotatable bonds is 3. The van der Waals surface area contributed by atoms with Crippen molar-refractivity contribution in [1.29, 1.82) is 0 Å². The van der Waals surface area contributed by atoms with Gasteiger partial charge in [0.15, 0.2) is 0 Å². The molecule has 0 atom stereocenters. The normalized spacial score (nSPS) is 9.20. The minimum Gasteiger partial charge on any atom is -0.465 e. The number of allylic oxidation sites excluding steroid dienone is 3. The number of amides is 1. The van der Waals surface area contributed by atoms with Crippen LogP contribution in [0.15, 0.2) is 37.1 Å². The Balaban J connectivity index is 3.75. The van der Waals surface area contributed by atoms with Gasteiger partial charge in [-0.2, -0.15) is 0 Å². The van der Waals surface area contributed by atoms with Gasteiger partial charge in [0.25, 0.3) is 0 Å². The van der Waals surface area contributed by atoms with Crippen molar-refractivity contribution < 1.29 is 9.90 Å². The zero-order valence-corrected chi connectivity index (χ0v) is 5.50. The van der Waals surface area contributed by atoms with Crippen molar-refractivity contribution in [1.82, 2.24) is 5.32 Å². The number of hydrogen-bond acceptors (Lipinski definition) is 1. The van der Waals surface area contributed by atoms with Gasteiger partial charge < -0.3 is 5.11 Å². The van der Waals surface area contributed by atoms with E-state index in [0.29, 0.717) is 5.70 Å². The zero-order valence-electron chi connectivity index (χ0n) is 5.50. The third-order valence-electron chi connectivity index (χ3n) is 0.701. The lowest BCUT2D eigenvalue weighted by Gasteiger charge is -1.95. The molecule has 0 rings (SSSR count). The minimum absolute atomic E-state index is 0.326. The standard InChI is InChI=1S/C7H9NO2/c1-3-4-5-6(2)8-7(9)10/h3-5,8H,1-2H2,(H,9,10)/b5-4-. The Bertz CT molecular complexity index is 182. The Labute approximate surface area is 59.4 Å². The first-order valence-electron chi connectivity index (χ1n) is 2.64. The van der Waals surface area contributed by atoms with Gasteiger partial charge in [-0.15, -0.1) is 0 Å². The highest BCUT2D eigenvalue weighted by Crippen LogP contribution is 1.86. The Morgan fingerprint density at radius 3 is 2.60 bits per heavy atom. The smallest absolute Gasteiger partial charge is 0.409 e. The molecule has 0 aromatic rings. The molecule has 0 bridgehead atoms. The summed E-state index contributed by atoms with van der Waals surface area (Å²) in [6, 6.07) is 0. The molecule has 1 amide bonds. The van der Waals surface area contributed by atoms with Crippen molar-refractivity contribution in [2.75, 3.05) is 0 Å². The second-order valence-electron chi connectivity index (χ2n) is 1.55. The summed E-state index contributed by atoms with van der Waals surface area (Å²) in [7, 11) is 0. The molecule has 2 N–H and O–H groups in total. The van der Waals surface area contributed by atoms with Crippen molar-refractivity contribution in [2.45, 2.75) is 0 Å². The van der Waals surface area contributed by atoms with E-state index in [9.17, 15) is 4.79 Å². The summed E-state index contributed by atoms with van der Waals surface area (Å²) in [6.45, 7) is 6.81. The minimum atomic E-state index is -1.11. The molecule has 0 fully saturated rings. The van der Waals surface area contributed by atoms with Crippen molar-refractivity contribution in [2.24, 2.45) is 0 Å². The highest BCUT2D eigenvalue weighted by atomic mass is 16.4. The molecule has 0 aliphatic rings. The summed E-state index contributed by atoms with van der Waals surface area (Å²) in [5.41, 5.74) is 0.326. The molecule has 0 aromatic carbocycles. The summed E-state index contributed by atoms with van der Waals surface area (Å²) < 4.78 is 0. The fraction of sp³-hybridized carbons (Fsp3) is 0. The summed E-state index contributed by atoms with van der Waals surface area (Å²) in [6.07, 6.45) is 3.53. The van der Waals surface area contributed by atoms with Gasteiger partial charge in [0, 0.05) is 5.70 Å². The Morgan fingerprint density at radius 2 is 2.20 bits per heavy atom. The predicted octanol–water partition coefficient (Wildman–Crippen LogP) is 1.51. The molecule has 0 aromatic heterocycles. The van der Waals surface area contributed by atoms with E-state index in [-0.39, 0.29) is 0 Å². The van der Waals surface area contributed by atoms with Crippen LogP contribution in [0.3, 0.4) is 0 Å². The number of hydrogen-bond donors (Lipinski definition) is 2. The quantitative estimate of drug-likeness (QED) is 0.582. The molecule has 54 valence electrons. The van der Waals surface area contributed by atoms with Crippen LogP contribution >= 0.6 is 0 Å². The van der Waals surface area contributed by atoms with Gasteiger partial charge in [0.2, 0.25) is 0 Å². The average molecular weight is 139 g/mol. The molecular weight excluding hydrogens is 130 g/mol. The Morgan fingerprint density at radius 1 is 1.60 bits per heavy atom. The first-order valence-corrected chi connectivity index (χ1v) is 2.64. The molecule has 0 saturated heterocycles. The summed E-state index contributed by atoms with van der Waals surface area (Å²) in [4.78, 5) is 9.94. The van der Waals surface area contributed by atoms with Crippen LogP contribution in [-0.4, -0.2) is 11.2 Å². The lowest BCUT2D eigenvalue weighted by molar-refractivity contribution is 0.198. The second-order valence-corrected chi connectivity index (χ2v) is 1.55. The number of carboxylic acid groups (broad SMARTS) is 1. The lowest BCUT2D eigenvalue weighted by Crippen LogP contribution is -2.17. The van der Waals surface area contributed by atoms with Gasteiger partial charge in [0.05, 0.1) is 0 Å². The van der Waals surface area contributed by atoms with Crippen LogP contribution in [0, 0.1) is 0 Å². The first kappa shape index (κ1) is 8.49. The second kappa shape index (κ2) is 4.38. The maximum atomic E-state index is 9.94. The molecule has 0 unspecified atom stereocenters. The van der Waals surface area contributed by atoms with E-state index in [1.807, 2.05) is 0 Å². The molecular formula is C7H9NO2. The molecule has 0 radical (unpaired) electrons. The van der Waals surface area contributed by atoms with E-state index in [0.717, 1.165) is 0 Å². The zero-order chi connectivity index (χ0) is 7.98. The van der Waals surface area contributed by atoms with E-state index >= 15 is 0 Å². The van der Waals surface area contributed by atoms with Gasteiger partial charge in [-0.1, -0.05) is 25.3 Å². The van der Waals surface area contributed by atoms with Gasteiger partial charge in [-0.3, -0.25) is 5.32 Å². The maximum Gasteiger partial charge on any atom is 0.409 e. The van der Waals surface area contributed by atoms with Crippen molar-refractivity contribution in [3.63, 3.8) is 0 Å². The van der Waals surface area contributed by atoms with Crippen LogP contribution in [0.1, 0.15) is 0 Å². The van der Waals surface area contributed by atoms with E-state index in [1.165, 1.54) is 12.2 Å².